The van der Waals surface area contributed by atoms with E-state index in [1.54, 1.807) is 0 Å². The van der Waals surface area contributed by atoms with Gasteiger partial charge >= 0.3 is 0 Å². The molecule has 0 aromatic rings. The summed E-state index contributed by atoms with van der Waals surface area (Å²) in [5.74, 6) is 2.95. The molecule has 0 bridgehead atoms. The predicted octanol–water partition coefficient (Wildman–Crippen LogP) is 7.23. The van der Waals surface area contributed by atoms with Gasteiger partial charge < -0.3 is 0 Å². The fourth-order valence-corrected chi connectivity index (χ4v) is 3.24. The summed E-state index contributed by atoms with van der Waals surface area (Å²) in [5.41, 5.74) is 0. The van der Waals surface area contributed by atoms with Crippen LogP contribution in [0.1, 0.15) is 105 Å². The van der Waals surface area contributed by atoms with E-state index in [0.717, 1.165) is 17.8 Å². The third kappa shape index (κ3) is 9.52. The SMILES string of the molecule is CCCCC(CCCC)C(CCCC)CC(C)CC. The third-order valence-corrected chi connectivity index (χ3v) is 4.85. The van der Waals surface area contributed by atoms with E-state index in [9.17, 15) is 0 Å². The smallest absolute Gasteiger partial charge is 0.0383 e. The van der Waals surface area contributed by atoms with Gasteiger partial charge in [0.1, 0.15) is 0 Å². The maximum Gasteiger partial charge on any atom is -0.0383 e. The normalized spacial score (nSPS) is 14.8. The van der Waals surface area contributed by atoms with E-state index in [4.69, 9.17) is 0 Å². The van der Waals surface area contributed by atoms with Gasteiger partial charge in [0, 0.05) is 0 Å². The molecule has 0 amide bonds. The molecule has 116 valence electrons. The highest BCUT2D eigenvalue weighted by Gasteiger charge is 2.21. The first-order valence-corrected chi connectivity index (χ1v) is 9.19. The van der Waals surface area contributed by atoms with Gasteiger partial charge in [0.05, 0.1) is 0 Å². The Morgan fingerprint density at radius 1 is 0.632 bits per heavy atom. The van der Waals surface area contributed by atoms with Gasteiger partial charge in [0.2, 0.25) is 0 Å². The highest BCUT2D eigenvalue weighted by Crippen LogP contribution is 2.33. The first-order valence-electron chi connectivity index (χ1n) is 9.19. The fraction of sp³-hybridized carbons (Fsp3) is 1.00. The lowest BCUT2D eigenvalue weighted by molar-refractivity contribution is 0.219. The second-order valence-corrected chi connectivity index (χ2v) is 6.70. The fourth-order valence-electron chi connectivity index (χ4n) is 3.24. The summed E-state index contributed by atoms with van der Waals surface area (Å²) in [4.78, 5) is 0. The lowest BCUT2D eigenvalue weighted by atomic mass is 9.76. The highest BCUT2D eigenvalue weighted by atomic mass is 14.3. The van der Waals surface area contributed by atoms with Crippen molar-refractivity contribution < 1.29 is 0 Å². The van der Waals surface area contributed by atoms with Crippen LogP contribution < -0.4 is 0 Å². The number of unbranched alkanes of at least 4 members (excludes halogenated alkanes) is 3. The van der Waals surface area contributed by atoms with E-state index in [1.165, 1.54) is 70.6 Å². The molecule has 0 rings (SSSR count). The number of rotatable bonds is 13. The molecule has 0 heterocycles. The molecule has 0 saturated heterocycles. The van der Waals surface area contributed by atoms with Crippen LogP contribution in [-0.2, 0) is 0 Å². The van der Waals surface area contributed by atoms with Gasteiger partial charge in [-0.05, 0) is 24.2 Å². The Balaban J connectivity index is 4.47. The molecular formula is C19H40. The predicted molar refractivity (Wildman–Crippen MR) is 89.6 cm³/mol. The molecule has 0 aliphatic carbocycles. The van der Waals surface area contributed by atoms with E-state index in [2.05, 4.69) is 34.6 Å². The summed E-state index contributed by atoms with van der Waals surface area (Å²) in [6, 6.07) is 0. The Hall–Kier alpha value is 0. The molecule has 2 unspecified atom stereocenters. The second kappa shape index (κ2) is 13.0. The lowest BCUT2D eigenvalue weighted by Gasteiger charge is -2.29. The number of hydrogen-bond acceptors (Lipinski definition) is 0. The first kappa shape index (κ1) is 19.0. The van der Waals surface area contributed by atoms with Crippen molar-refractivity contribution >= 4 is 0 Å². The van der Waals surface area contributed by atoms with E-state index >= 15 is 0 Å². The van der Waals surface area contributed by atoms with Crippen molar-refractivity contribution in [1.29, 1.82) is 0 Å². The van der Waals surface area contributed by atoms with Gasteiger partial charge in [0.25, 0.3) is 0 Å². The first-order chi connectivity index (χ1) is 9.19. The quantitative estimate of drug-likeness (QED) is 0.330. The zero-order valence-corrected chi connectivity index (χ0v) is 14.5. The summed E-state index contributed by atoms with van der Waals surface area (Å²) in [7, 11) is 0. The van der Waals surface area contributed by atoms with E-state index in [-0.39, 0.29) is 0 Å². The van der Waals surface area contributed by atoms with Crippen LogP contribution in [0.2, 0.25) is 0 Å². The third-order valence-electron chi connectivity index (χ3n) is 4.85. The van der Waals surface area contributed by atoms with Crippen molar-refractivity contribution in [3.63, 3.8) is 0 Å². The van der Waals surface area contributed by atoms with Gasteiger partial charge in [-0.3, -0.25) is 0 Å². The van der Waals surface area contributed by atoms with Crippen molar-refractivity contribution in [3.8, 4) is 0 Å². The molecule has 0 radical (unpaired) electrons. The molecule has 0 spiro atoms. The molecule has 0 nitrogen and oxygen atoms in total. The summed E-state index contributed by atoms with van der Waals surface area (Å²) >= 11 is 0. The zero-order valence-electron chi connectivity index (χ0n) is 14.5. The average molecular weight is 269 g/mol. The van der Waals surface area contributed by atoms with Crippen LogP contribution in [0.3, 0.4) is 0 Å². The topological polar surface area (TPSA) is 0 Å². The van der Waals surface area contributed by atoms with Crippen LogP contribution in [0.25, 0.3) is 0 Å². The van der Waals surface area contributed by atoms with Crippen LogP contribution in [0.5, 0.6) is 0 Å². The minimum atomic E-state index is 0.924. The molecule has 0 N–H and O–H groups in total. The summed E-state index contributed by atoms with van der Waals surface area (Å²) in [6.45, 7) is 11.8. The summed E-state index contributed by atoms with van der Waals surface area (Å²) in [6.07, 6.45) is 15.7. The second-order valence-electron chi connectivity index (χ2n) is 6.70. The Morgan fingerprint density at radius 2 is 1.05 bits per heavy atom. The van der Waals surface area contributed by atoms with Gasteiger partial charge in [0.15, 0.2) is 0 Å². The molecule has 2 atom stereocenters. The van der Waals surface area contributed by atoms with Crippen LogP contribution in [0.15, 0.2) is 0 Å². The maximum absolute atomic E-state index is 2.45. The minimum Gasteiger partial charge on any atom is -0.0654 e. The Bertz CT molecular complexity index is 165. The van der Waals surface area contributed by atoms with E-state index < -0.39 is 0 Å². The molecular weight excluding hydrogens is 228 g/mol. The van der Waals surface area contributed by atoms with Crippen LogP contribution in [0, 0.1) is 17.8 Å². The molecule has 0 saturated carbocycles. The molecule has 0 aliphatic rings. The maximum atomic E-state index is 2.45. The lowest BCUT2D eigenvalue weighted by Crippen LogP contribution is -2.18. The minimum absolute atomic E-state index is 0.924. The molecule has 0 heteroatoms. The van der Waals surface area contributed by atoms with Crippen molar-refractivity contribution in [1.82, 2.24) is 0 Å². The molecule has 0 aromatic heterocycles. The highest BCUT2D eigenvalue weighted by molar-refractivity contribution is 4.73. The van der Waals surface area contributed by atoms with Gasteiger partial charge in [-0.25, -0.2) is 0 Å². The van der Waals surface area contributed by atoms with Crippen molar-refractivity contribution in [2.45, 2.75) is 105 Å². The van der Waals surface area contributed by atoms with Crippen LogP contribution in [0.4, 0.5) is 0 Å². The van der Waals surface area contributed by atoms with Crippen molar-refractivity contribution in [2.24, 2.45) is 17.8 Å². The van der Waals surface area contributed by atoms with Gasteiger partial charge in [-0.15, -0.1) is 0 Å². The molecule has 19 heavy (non-hydrogen) atoms. The van der Waals surface area contributed by atoms with E-state index in [0.29, 0.717) is 0 Å². The van der Waals surface area contributed by atoms with Crippen molar-refractivity contribution in [3.05, 3.63) is 0 Å². The average Bonchev–Trinajstić information content (AvgIpc) is 2.43. The summed E-state index contributed by atoms with van der Waals surface area (Å²) < 4.78 is 0. The van der Waals surface area contributed by atoms with Crippen LogP contribution >= 0.6 is 0 Å². The Labute approximate surface area is 123 Å². The van der Waals surface area contributed by atoms with Gasteiger partial charge in [-0.1, -0.05) is 98.8 Å². The van der Waals surface area contributed by atoms with Crippen molar-refractivity contribution in [2.75, 3.05) is 0 Å². The monoisotopic (exact) mass is 268 g/mol. The zero-order chi connectivity index (χ0) is 14.5. The molecule has 0 aromatic carbocycles. The van der Waals surface area contributed by atoms with Gasteiger partial charge in [-0.2, -0.15) is 0 Å². The largest absolute Gasteiger partial charge is 0.0654 e. The van der Waals surface area contributed by atoms with Crippen LogP contribution in [-0.4, -0.2) is 0 Å². The number of hydrogen-bond donors (Lipinski definition) is 0. The Kier molecular flexibility index (Phi) is 13.0. The molecule has 0 fully saturated rings. The van der Waals surface area contributed by atoms with E-state index in [1.807, 2.05) is 0 Å². The standard InChI is InChI=1S/C19H40/c1-6-10-13-18(14-11-7-2)19(15-12-8-3)16-17(5)9-4/h17-19H,6-16H2,1-5H3. The molecule has 0 aliphatic heterocycles. The Morgan fingerprint density at radius 3 is 1.42 bits per heavy atom. The summed E-state index contributed by atoms with van der Waals surface area (Å²) in [5, 5.41) is 0.